The summed E-state index contributed by atoms with van der Waals surface area (Å²) in [4.78, 5) is 26.8. The lowest BCUT2D eigenvalue weighted by Crippen LogP contribution is -2.49. The summed E-state index contributed by atoms with van der Waals surface area (Å²) in [5.41, 5.74) is 0.323. The van der Waals surface area contributed by atoms with Crippen LogP contribution < -0.4 is 4.90 Å². The van der Waals surface area contributed by atoms with Gasteiger partial charge in [-0.15, -0.1) is 0 Å². The molecule has 0 radical (unpaired) electrons. The third kappa shape index (κ3) is 4.40. The molecule has 0 aliphatic carbocycles. The second kappa shape index (κ2) is 9.23. The number of hydrogen-bond donors (Lipinski definition) is 0. The van der Waals surface area contributed by atoms with Crippen LogP contribution in [0.15, 0.2) is 59.5 Å². The lowest BCUT2D eigenvalue weighted by atomic mass is 10.2. The molecule has 2 aromatic rings. The van der Waals surface area contributed by atoms with Crippen molar-refractivity contribution in [3.8, 4) is 0 Å². The van der Waals surface area contributed by atoms with Crippen molar-refractivity contribution in [2.75, 3.05) is 25.7 Å². The molecule has 3 rings (SSSR count). The van der Waals surface area contributed by atoms with E-state index in [2.05, 4.69) is 0 Å². The van der Waals surface area contributed by atoms with Crippen LogP contribution in [0.5, 0.6) is 0 Å². The molecule has 160 valence electrons. The number of ether oxygens (including phenoxy) is 2. The van der Waals surface area contributed by atoms with Crippen LogP contribution in [0.2, 0.25) is 5.02 Å². The largest absolute Gasteiger partial charge is 0.354 e. The summed E-state index contributed by atoms with van der Waals surface area (Å²) in [5, 5.41) is 0.450. The highest BCUT2D eigenvalue weighted by molar-refractivity contribution is 7.89. The number of anilines is 1. The summed E-state index contributed by atoms with van der Waals surface area (Å²) in [6.45, 7) is -0.262. The molecule has 1 aliphatic heterocycles. The highest BCUT2D eigenvalue weighted by Gasteiger charge is 2.47. The second-order valence-corrected chi connectivity index (χ2v) is 8.88. The predicted molar refractivity (Wildman–Crippen MR) is 110 cm³/mol. The Labute approximate surface area is 180 Å². The highest BCUT2D eigenvalue weighted by Crippen LogP contribution is 2.30. The summed E-state index contributed by atoms with van der Waals surface area (Å²) < 4.78 is 38.0. The topological polar surface area (TPSA) is 93.2 Å². The zero-order valence-corrected chi connectivity index (χ0v) is 18.0. The van der Waals surface area contributed by atoms with Gasteiger partial charge in [-0.2, -0.15) is 4.31 Å². The Morgan fingerprint density at radius 1 is 1.07 bits per heavy atom. The van der Waals surface area contributed by atoms with Crippen molar-refractivity contribution in [3.63, 3.8) is 0 Å². The molecule has 0 saturated carbocycles. The van der Waals surface area contributed by atoms with Crippen LogP contribution in [0.4, 0.5) is 5.69 Å². The van der Waals surface area contributed by atoms with Crippen LogP contribution in [0.1, 0.15) is 6.42 Å². The van der Waals surface area contributed by atoms with E-state index in [1.807, 2.05) is 0 Å². The fourth-order valence-electron chi connectivity index (χ4n) is 3.22. The van der Waals surface area contributed by atoms with E-state index in [4.69, 9.17) is 21.1 Å². The normalized spacial score (nSPS) is 17.4. The quantitative estimate of drug-likeness (QED) is 0.450. The zero-order valence-electron chi connectivity index (χ0n) is 16.4. The van der Waals surface area contributed by atoms with E-state index in [1.54, 1.807) is 30.3 Å². The number of amides is 2. The number of sulfonamides is 1. The average Bonchev–Trinajstić information content (AvgIpc) is 3.04. The van der Waals surface area contributed by atoms with Gasteiger partial charge in [0, 0.05) is 19.2 Å². The summed E-state index contributed by atoms with van der Waals surface area (Å²) in [6.07, 6.45) is -1.22. The molecule has 1 saturated heterocycles. The standard InChI is InChI=1S/C20H21ClN2O6S/c1-28-19(29-2)13-22(30(26,27)16-6-4-3-5-7-16)17-12-18(24)23(20(17)25)15-10-8-14(21)9-11-15/h3-11,17,19H,12-13H2,1-2H3. The SMILES string of the molecule is COC(CN(C1CC(=O)N(c2ccc(Cl)cc2)C1=O)S(=O)(=O)c1ccccc1)OC. The van der Waals surface area contributed by atoms with Gasteiger partial charge in [-0.3, -0.25) is 9.59 Å². The maximum Gasteiger partial charge on any atom is 0.252 e. The van der Waals surface area contributed by atoms with E-state index in [1.165, 1.54) is 38.5 Å². The minimum Gasteiger partial charge on any atom is -0.354 e. The molecule has 1 heterocycles. The van der Waals surface area contributed by atoms with E-state index in [-0.39, 0.29) is 17.9 Å². The number of methoxy groups -OCH3 is 2. The fourth-order valence-corrected chi connectivity index (χ4v) is 4.93. The maximum atomic E-state index is 13.3. The first-order chi connectivity index (χ1) is 14.3. The summed E-state index contributed by atoms with van der Waals surface area (Å²) in [7, 11) is -1.39. The summed E-state index contributed by atoms with van der Waals surface area (Å²) in [5.74, 6) is -1.15. The van der Waals surface area contributed by atoms with E-state index in [0.29, 0.717) is 10.7 Å². The maximum absolute atomic E-state index is 13.3. The molecule has 2 amide bonds. The number of carbonyl (C=O) groups is 2. The van der Waals surface area contributed by atoms with Crippen LogP contribution in [0, 0.1) is 0 Å². The Balaban J connectivity index is 2.00. The Morgan fingerprint density at radius 2 is 1.67 bits per heavy atom. The Hall–Kier alpha value is -2.30. The van der Waals surface area contributed by atoms with Gasteiger partial charge in [0.1, 0.15) is 6.04 Å². The second-order valence-electron chi connectivity index (χ2n) is 6.55. The zero-order chi connectivity index (χ0) is 21.9. The number of halogens is 1. The fraction of sp³-hybridized carbons (Fsp3) is 0.300. The summed E-state index contributed by atoms with van der Waals surface area (Å²) >= 11 is 5.88. The molecule has 0 bridgehead atoms. The average molecular weight is 453 g/mol. The molecule has 1 unspecified atom stereocenters. The van der Waals surface area contributed by atoms with Crippen molar-refractivity contribution >= 4 is 39.1 Å². The van der Waals surface area contributed by atoms with E-state index in [0.717, 1.165) is 9.21 Å². The van der Waals surface area contributed by atoms with Crippen LogP contribution in [0.25, 0.3) is 0 Å². The molecule has 2 aromatic carbocycles. The Kier molecular flexibility index (Phi) is 6.89. The lowest BCUT2D eigenvalue weighted by Gasteiger charge is -2.29. The number of carbonyl (C=O) groups excluding carboxylic acids is 2. The Morgan fingerprint density at radius 3 is 2.23 bits per heavy atom. The van der Waals surface area contributed by atoms with E-state index < -0.39 is 34.2 Å². The number of hydrogen-bond acceptors (Lipinski definition) is 6. The molecule has 1 atom stereocenters. The molecule has 1 fully saturated rings. The van der Waals surface area contributed by atoms with E-state index >= 15 is 0 Å². The molecule has 30 heavy (non-hydrogen) atoms. The van der Waals surface area contributed by atoms with Gasteiger partial charge in [0.05, 0.1) is 23.5 Å². The molecule has 10 heteroatoms. The molecule has 1 aliphatic rings. The minimum atomic E-state index is -4.12. The number of imide groups is 1. The first-order valence-electron chi connectivity index (χ1n) is 9.04. The van der Waals surface area contributed by atoms with Crippen molar-refractivity contribution in [2.45, 2.75) is 23.6 Å². The van der Waals surface area contributed by atoms with Crippen molar-refractivity contribution in [3.05, 3.63) is 59.6 Å². The third-order valence-corrected chi connectivity index (χ3v) is 6.90. The first kappa shape index (κ1) is 22.4. The number of rotatable bonds is 8. The molecule has 0 spiro atoms. The molecular formula is C20H21ClN2O6S. The van der Waals surface area contributed by atoms with Crippen molar-refractivity contribution < 1.29 is 27.5 Å². The highest BCUT2D eigenvalue weighted by atomic mass is 35.5. The van der Waals surface area contributed by atoms with Crippen LogP contribution in [-0.2, 0) is 29.1 Å². The van der Waals surface area contributed by atoms with Gasteiger partial charge in [-0.05, 0) is 36.4 Å². The van der Waals surface area contributed by atoms with Crippen LogP contribution in [0.3, 0.4) is 0 Å². The molecule has 8 nitrogen and oxygen atoms in total. The lowest BCUT2D eigenvalue weighted by molar-refractivity contribution is -0.125. The minimum absolute atomic E-state index is 0.00106. The monoisotopic (exact) mass is 452 g/mol. The van der Waals surface area contributed by atoms with Gasteiger partial charge in [0.25, 0.3) is 5.91 Å². The van der Waals surface area contributed by atoms with Gasteiger partial charge in [-0.1, -0.05) is 29.8 Å². The van der Waals surface area contributed by atoms with Crippen molar-refractivity contribution in [1.82, 2.24) is 4.31 Å². The van der Waals surface area contributed by atoms with Gasteiger partial charge >= 0.3 is 0 Å². The van der Waals surface area contributed by atoms with Crippen LogP contribution >= 0.6 is 11.6 Å². The van der Waals surface area contributed by atoms with Crippen molar-refractivity contribution in [1.29, 1.82) is 0 Å². The smallest absolute Gasteiger partial charge is 0.252 e. The molecular weight excluding hydrogens is 432 g/mol. The number of nitrogens with zero attached hydrogens (tertiary/aromatic N) is 2. The van der Waals surface area contributed by atoms with Gasteiger partial charge in [-0.25, -0.2) is 13.3 Å². The van der Waals surface area contributed by atoms with Gasteiger partial charge in [0.2, 0.25) is 15.9 Å². The van der Waals surface area contributed by atoms with E-state index in [9.17, 15) is 18.0 Å². The first-order valence-corrected chi connectivity index (χ1v) is 10.9. The third-order valence-electron chi connectivity index (χ3n) is 4.76. The molecule has 0 N–H and O–H groups in total. The summed E-state index contributed by atoms with van der Waals surface area (Å²) in [6, 6.07) is 12.6. The Bertz CT molecular complexity index is 1010. The van der Waals surface area contributed by atoms with Crippen molar-refractivity contribution in [2.24, 2.45) is 0 Å². The molecule has 0 aromatic heterocycles. The van der Waals surface area contributed by atoms with Crippen LogP contribution in [-0.4, -0.2) is 57.6 Å². The van der Waals surface area contributed by atoms with Gasteiger partial charge < -0.3 is 9.47 Å². The predicted octanol–water partition coefficient (Wildman–Crippen LogP) is 2.28. The van der Waals surface area contributed by atoms with Gasteiger partial charge in [0.15, 0.2) is 6.29 Å². The number of benzene rings is 2.